The Kier molecular flexibility index (Phi) is 12.1. The SMILES string of the molecule is CCNC(=O)[C@@H](CC)N(Cc1cccc(OC)c1)C(=O)CN(c1ccc(OCC)cc1)S(=O)(=O)c1ccc(SC)cc1. The first kappa shape index (κ1) is 32.8. The molecule has 11 heteroatoms. The Bertz CT molecular complexity index is 1430. The average molecular weight is 614 g/mol. The number of methoxy groups -OCH3 is 1. The highest BCUT2D eigenvalue weighted by atomic mass is 32.2. The first-order chi connectivity index (χ1) is 20.2. The molecule has 0 fully saturated rings. The first-order valence-electron chi connectivity index (χ1n) is 13.8. The van der Waals surface area contributed by atoms with Gasteiger partial charge in [0.05, 0.1) is 24.3 Å². The van der Waals surface area contributed by atoms with E-state index in [9.17, 15) is 18.0 Å². The van der Waals surface area contributed by atoms with Crippen molar-refractivity contribution in [3.8, 4) is 11.5 Å². The van der Waals surface area contributed by atoms with Crippen LogP contribution >= 0.6 is 11.8 Å². The van der Waals surface area contributed by atoms with Gasteiger partial charge >= 0.3 is 0 Å². The molecule has 0 radical (unpaired) electrons. The molecular formula is C31H39N3O6S2. The van der Waals surface area contributed by atoms with Gasteiger partial charge in [-0.1, -0.05) is 19.1 Å². The van der Waals surface area contributed by atoms with E-state index in [1.807, 2.05) is 26.2 Å². The number of hydrogen-bond donors (Lipinski definition) is 1. The van der Waals surface area contributed by atoms with E-state index in [0.29, 0.717) is 36.8 Å². The lowest BCUT2D eigenvalue weighted by molar-refractivity contribution is -0.140. The van der Waals surface area contributed by atoms with Gasteiger partial charge in [0.15, 0.2) is 0 Å². The van der Waals surface area contributed by atoms with E-state index in [4.69, 9.17) is 9.47 Å². The zero-order valence-corrected chi connectivity index (χ0v) is 26.3. The zero-order valence-electron chi connectivity index (χ0n) is 24.7. The van der Waals surface area contributed by atoms with Crippen molar-refractivity contribution in [1.82, 2.24) is 10.2 Å². The van der Waals surface area contributed by atoms with Gasteiger partial charge in [-0.25, -0.2) is 8.42 Å². The predicted octanol–water partition coefficient (Wildman–Crippen LogP) is 4.95. The van der Waals surface area contributed by atoms with Crippen molar-refractivity contribution >= 4 is 39.3 Å². The summed E-state index contributed by atoms with van der Waals surface area (Å²) in [6.07, 6.45) is 2.25. The molecule has 0 bridgehead atoms. The number of nitrogens with one attached hydrogen (secondary N) is 1. The third-order valence-corrected chi connectivity index (χ3v) is 9.12. The molecule has 0 aliphatic heterocycles. The predicted molar refractivity (Wildman–Crippen MR) is 167 cm³/mol. The van der Waals surface area contributed by atoms with E-state index in [-0.39, 0.29) is 17.3 Å². The smallest absolute Gasteiger partial charge is 0.264 e. The Morgan fingerprint density at radius 2 is 1.64 bits per heavy atom. The van der Waals surface area contributed by atoms with Crippen LogP contribution in [0.5, 0.6) is 11.5 Å². The van der Waals surface area contributed by atoms with E-state index >= 15 is 0 Å². The largest absolute Gasteiger partial charge is 0.497 e. The van der Waals surface area contributed by atoms with E-state index in [1.54, 1.807) is 68.6 Å². The summed E-state index contributed by atoms with van der Waals surface area (Å²) >= 11 is 1.50. The lowest BCUT2D eigenvalue weighted by Crippen LogP contribution is -2.52. The molecule has 1 atom stereocenters. The Morgan fingerprint density at radius 3 is 2.21 bits per heavy atom. The van der Waals surface area contributed by atoms with Crippen LogP contribution in [0.3, 0.4) is 0 Å². The molecule has 226 valence electrons. The van der Waals surface area contributed by atoms with Crippen molar-refractivity contribution in [3.63, 3.8) is 0 Å². The van der Waals surface area contributed by atoms with Gasteiger partial charge in [-0.15, -0.1) is 11.8 Å². The molecular weight excluding hydrogens is 574 g/mol. The van der Waals surface area contributed by atoms with Crippen LogP contribution in [0.15, 0.2) is 82.6 Å². The van der Waals surface area contributed by atoms with Gasteiger partial charge in [-0.2, -0.15) is 0 Å². The molecule has 3 aromatic rings. The maximum atomic E-state index is 14.1. The molecule has 0 aliphatic rings. The fourth-order valence-corrected chi connectivity index (χ4v) is 6.28. The Balaban J connectivity index is 2.07. The molecule has 0 saturated heterocycles. The molecule has 0 spiro atoms. The third kappa shape index (κ3) is 8.19. The second-order valence-electron chi connectivity index (χ2n) is 9.31. The molecule has 9 nitrogen and oxygen atoms in total. The van der Waals surface area contributed by atoms with E-state index in [1.165, 1.54) is 28.8 Å². The van der Waals surface area contributed by atoms with Crippen LogP contribution in [0.4, 0.5) is 5.69 Å². The summed E-state index contributed by atoms with van der Waals surface area (Å²) in [5, 5.41) is 2.81. The average Bonchev–Trinajstić information content (AvgIpc) is 3.00. The van der Waals surface area contributed by atoms with E-state index in [2.05, 4.69) is 5.32 Å². The van der Waals surface area contributed by atoms with Gasteiger partial charge in [0, 0.05) is 18.0 Å². The maximum absolute atomic E-state index is 14.1. The minimum absolute atomic E-state index is 0.0529. The molecule has 1 N–H and O–H groups in total. The van der Waals surface area contributed by atoms with Crippen LogP contribution in [0.1, 0.15) is 32.8 Å². The molecule has 3 rings (SSSR count). The van der Waals surface area contributed by atoms with Crippen molar-refractivity contribution in [3.05, 3.63) is 78.4 Å². The number of hydrogen-bond acceptors (Lipinski definition) is 7. The van der Waals surface area contributed by atoms with Gasteiger partial charge in [-0.3, -0.25) is 13.9 Å². The summed E-state index contributed by atoms with van der Waals surface area (Å²) in [4.78, 5) is 29.6. The molecule has 3 aromatic carbocycles. The number of amides is 2. The summed E-state index contributed by atoms with van der Waals surface area (Å²) in [5.41, 5.74) is 1.04. The number of carbonyl (C=O) groups is 2. The summed E-state index contributed by atoms with van der Waals surface area (Å²) in [6.45, 7) is 5.92. The number of likely N-dealkylation sites (N-methyl/N-ethyl adjacent to an activating group) is 1. The Morgan fingerprint density at radius 1 is 0.952 bits per heavy atom. The molecule has 0 aromatic heterocycles. The van der Waals surface area contributed by atoms with Crippen molar-refractivity contribution in [2.75, 3.05) is 37.4 Å². The molecule has 0 saturated carbocycles. The fourth-order valence-electron chi connectivity index (χ4n) is 4.46. The molecule has 0 aliphatic carbocycles. The summed E-state index contributed by atoms with van der Waals surface area (Å²) < 4.78 is 40.0. The standard InChI is InChI=1S/C31H39N3O6S2/c1-6-29(31(36)32-7-2)33(21-23-10-9-11-26(20-23)39-4)30(35)22-34(24-12-14-25(15-13-24)40-8-3)42(37,38)28-18-16-27(41-5)17-19-28/h9-20,29H,6-8,21-22H2,1-5H3,(H,32,36)/t29-/m1/s1. The van der Waals surface area contributed by atoms with Gasteiger partial charge in [0.25, 0.3) is 10.0 Å². The first-order valence-corrected chi connectivity index (χ1v) is 16.4. The quantitative estimate of drug-likeness (QED) is 0.242. The number of nitrogens with zero attached hydrogens (tertiary/aromatic N) is 2. The summed E-state index contributed by atoms with van der Waals surface area (Å²) in [7, 11) is -2.61. The highest BCUT2D eigenvalue weighted by Crippen LogP contribution is 2.28. The molecule has 2 amide bonds. The topological polar surface area (TPSA) is 105 Å². The lowest BCUT2D eigenvalue weighted by Gasteiger charge is -2.33. The van der Waals surface area contributed by atoms with Crippen molar-refractivity contribution in [2.24, 2.45) is 0 Å². The van der Waals surface area contributed by atoms with Crippen LogP contribution in [-0.4, -0.2) is 64.2 Å². The number of sulfonamides is 1. The highest BCUT2D eigenvalue weighted by molar-refractivity contribution is 7.98. The van der Waals surface area contributed by atoms with Gasteiger partial charge in [0.2, 0.25) is 11.8 Å². The number of carbonyl (C=O) groups excluding carboxylic acids is 2. The van der Waals surface area contributed by atoms with Crippen LogP contribution in [0.2, 0.25) is 0 Å². The minimum Gasteiger partial charge on any atom is -0.497 e. The van der Waals surface area contributed by atoms with Crippen molar-refractivity contribution in [1.29, 1.82) is 0 Å². The van der Waals surface area contributed by atoms with Crippen LogP contribution in [0.25, 0.3) is 0 Å². The van der Waals surface area contributed by atoms with Crippen molar-refractivity contribution in [2.45, 2.75) is 49.6 Å². The van der Waals surface area contributed by atoms with Gasteiger partial charge in [-0.05, 0) is 92.8 Å². The number of ether oxygens (including phenoxy) is 2. The second-order valence-corrected chi connectivity index (χ2v) is 12.0. The number of anilines is 1. The minimum atomic E-state index is -4.16. The fraction of sp³-hybridized carbons (Fsp3) is 0.355. The maximum Gasteiger partial charge on any atom is 0.264 e. The van der Waals surface area contributed by atoms with Crippen molar-refractivity contribution < 1.29 is 27.5 Å². The Labute approximate surface area is 253 Å². The summed E-state index contributed by atoms with van der Waals surface area (Å²) in [5.74, 6) is 0.364. The molecule has 0 heterocycles. The third-order valence-electron chi connectivity index (χ3n) is 6.59. The number of thioether (sulfide) groups is 1. The van der Waals surface area contributed by atoms with Gasteiger partial charge < -0.3 is 19.7 Å². The number of rotatable bonds is 15. The molecule has 0 unspecified atom stereocenters. The van der Waals surface area contributed by atoms with Crippen LogP contribution in [0, 0.1) is 0 Å². The monoisotopic (exact) mass is 613 g/mol. The second kappa shape index (κ2) is 15.5. The van der Waals surface area contributed by atoms with Gasteiger partial charge in [0.1, 0.15) is 24.1 Å². The summed E-state index contributed by atoms with van der Waals surface area (Å²) in [6, 6.07) is 19.5. The molecule has 42 heavy (non-hydrogen) atoms. The van der Waals surface area contributed by atoms with E-state index < -0.39 is 28.5 Å². The van der Waals surface area contributed by atoms with Crippen LogP contribution < -0.4 is 19.1 Å². The number of benzene rings is 3. The highest BCUT2D eigenvalue weighted by Gasteiger charge is 2.33. The Hall–Kier alpha value is -3.70. The van der Waals surface area contributed by atoms with E-state index in [0.717, 1.165) is 14.8 Å². The van der Waals surface area contributed by atoms with Crippen LogP contribution in [-0.2, 0) is 26.2 Å². The normalized spacial score (nSPS) is 11.8. The zero-order chi connectivity index (χ0) is 30.7. The lowest BCUT2D eigenvalue weighted by atomic mass is 10.1.